The molecule has 29 heavy (non-hydrogen) atoms. The third-order valence-corrected chi connectivity index (χ3v) is 7.36. The molecule has 4 nitrogen and oxygen atoms in total. The number of hydrogen-bond donors (Lipinski definition) is 0. The lowest BCUT2D eigenvalue weighted by atomic mass is 10.1. The van der Waals surface area contributed by atoms with E-state index in [0.717, 1.165) is 11.1 Å². The molecule has 1 unspecified atom stereocenters. The van der Waals surface area contributed by atoms with Gasteiger partial charge in [-0.05, 0) is 17.2 Å². The fourth-order valence-electron chi connectivity index (χ4n) is 3.39. The lowest BCUT2D eigenvalue weighted by molar-refractivity contribution is 0.176. The highest BCUT2D eigenvalue weighted by molar-refractivity contribution is 7.54. The topological polar surface area (TPSA) is 38.8 Å². The van der Waals surface area contributed by atoms with Crippen LogP contribution in [0.2, 0.25) is 5.02 Å². The Morgan fingerprint density at radius 2 is 1.24 bits per heavy atom. The average Bonchev–Trinajstić information content (AvgIpc) is 2.76. The Morgan fingerprint density at radius 1 is 0.793 bits per heavy atom. The Kier molecular flexibility index (Phi) is 7.65. The molecule has 0 amide bonds. The van der Waals surface area contributed by atoms with E-state index in [0.29, 0.717) is 23.7 Å². The summed E-state index contributed by atoms with van der Waals surface area (Å²) in [4.78, 5) is 2.10. The van der Waals surface area contributed by atoms with Crippen LogP contribution in [0.3, 0.4) is 0 Å². The largest absolute Gasteiger partial charge is 0.351 e. The zero-order chi connectivity index (χ0) is 20.7. The van der Waals surface area contributed by atoms with Crippen molar-refractivity contribution in [2.75, 3.05) is 14.2 Å². The summed E-state index contributed by atoms with van der Waals surface area (Å²) in [6.07, 6.45) is 0. The maximum atomic E-state index is 13.7. The van der Waals surface area contributed by atoms with E-state index < -0.39 is 13.4 Å². The summed E-state index contributed by atoms with van der Waals surface area (Å²) in [6, 6.07) is 27.5. The van der Waals surface area contributed by atoms with Crippen LogP contribution >= 0.6 is 19.2 Å². The maximum absolute atomic E-state index is 13.7. The molecule has 0 N–H and O–H groups in total. The molecule has 6 heteroatoms. The van der Waals surface area contributed by atoms with Gasteiger partial charge < -0.3 is 9.05 Å². The Balaban J connectivity index is 2.10. The van der Waals surface area contributed by atoms with E-state index in [-0.39, 0.29) is 0 Å². The monoisotopic (exact) mass is 429 g/mol. The highest BCUT2D eigenvalue weighted by Crippen LogP contribution is 2.62. The highest BCUT2D eigenvalue weighted by Gasteiger charge is 2.41. The molecule has 3 rings (SSSR count). The predicted molar refractivity (Wildman–Crippen MR) is 118 cm³/mol. The fraction of sp³-hybridized carbons (Fsp3) is 0.217. The number of nitrogens with zero attached hydrogens (tertiary/aromatic N) is 1. The molecule has 0 heterocycles. The van der Waals surface area contributed by atoms with E-state index in [9.17, 15) is 4.57 Å². The number of hydrogen-bond acceptors (Lipinski definition) is 4. The first-order valence-corrected chi connectivity index (χ1v) is 11.3. The van der Waals surface area contributed by atoms with Gasteiger partial charge in [-0.2, -0.15) is 0 Å². The van der Waals surface area contributed by atoms with E-state index >= 15 is 0 Å². The molecule has 0 aliphatic carbocycles. The molecule has 0 saturated heterocycles. The quantitative estimate of drug-likeness (QED) is 0.362. The van der Waals surface area contributed by atoms with Crippen molar-refractivity contribution in [1.29, 1.82) is 0 Å². The number of rotatable bonds is 9. The third kappa shape index (κ3) is 5.36. The molecule has 0 aromatic heterocycles. The summed E-state index contributed by atoms with van der Waals surface area (Å²) in [5.74, 6) is -0.661. The van der Waals surface area contributed by atoms with Crippen LogP contribution in [0.15, 0.2) is 84.9 Å². The second-order valence-electron chi connectivity index (χ2n) is 6.68. The Morgan fingerprint density at radius 3 is 1.69 bits per heavy atom. The van der Waals surface area contributed by atoms with Gasteiger partial charge in [0.05, 0.1) is 0 Å². The summed E-state index contributed by atoms with van der Waals surface area (Å²) in [5, 5.41) is 0.526. The van der Waals surface area contributed by atoms with Crippen LogP contribution in [0, 0.1) is 0 Å². The maximum Gasteiger partial charge on any atom is 0.351 e. The second-order valence-corrected chi connectivity index (χ2v) is 9.38. The molecule has 0 bridgehead atoms. The number of benzene rings is 3. The first-order valence-electron chi connectivity index (χ1n) is 9.35. The van der Waals surface area contributed by atoms with Crippen LogP contribution < -0.4 is 0 Å². The van der Waals surface area contributed by atoms with E-state index in [1.54, 1.807) is 6.07 Å². The SMILES string of the molecule is COP(=O)(OC)C(c1ccccc1Cl)N(Cc1ccccc1)Cc1ccccc1. The molecule has 0 fully saturated rings. The molecule has 0 saturated carbocycles. The van der Waals surface area contributed by atoms with Crippen molar-refractivity contribution in [2.24, 2.45) is 0 Å². The highest BCUT2D eigenvalue weighted by atomic mass is 35.5. The predicted octanol–water partition coefficient (Wildman–Crippen LogP) is 6.53. The summed E-state index contributed by atoms with van der Waals surface area (Å²) < 4.78 is 24.6. The van der Waals surface area contributed by atoms with Gasteiger partial charge in [0.15, 0.2) is 0 Å². The van der Waals surface area contributed by atoms with Crippen LogP contribution in [-0.2, 0) is 26.7 Å². The minimum atomic E-state index is -3.53. The second kappa shape index (κ2) is 10.2. The molecule has 0 spiro atoms. The van der Waals surface area contributed by atoms with Gasteiger partial charge in [0.2, 0.25) is 0 Å². The Labute approximate surface area is 177 Å². The fourth-order valence-corrected chi connectivity index (χ4v) is 5.38. The molecule has 3 aromatic rings. The first kappa shape index (κ1) is 21.8. The normalized spacial score (nSPS) is 12.8. The van der Waals surface area contributed by atoms with Gasteiger partial charge >= 0.3 is 7.60 Å². The van der Waals surface area contributed by atoms with Crippen molar-refractivity contribution in [3.8, 4) is 0 Å². The standard InChI is InChI=1S/C23H25ClNO3P/c1-27-29(26,28-2)23(21-15-9-10-16-22(21)24)25(17-19-11-5-3-6-12-19)18-20-13-7-4-8-14-20/h3-16,23H,17-18H2,1-2H3. The van der Waals surface area contributed by atoms with Gasteiger partial charge in [0.25, 0.3) is 0 Å². The lowest BCUT2D eigenvalue weighted by Gasteiger charge is -2.35. The van der Waals surface area contributed by atoms with E-state index in [1.807, 2.05) is 78.9 Å². The lowest BCUT2D eigenvalue weighted by Crippen LogP contribution is -2.29. The summed E-state index contributed by atoms with van der Waals surface area (Å²) >= 11 is 6.53. The van der Waals surface area contributed by atoms with Gasteiger partial charge in [0, 0.05) is 37.9 Å². The van der Waals surface area contributed by atoms with E-state index in [1.165, 1.54) is 14.2 Å². The van der Waals surface area contributed by atoms with Crippen LogP contribution in [0.25, 0.3) is 0 Å². The van der Waals surface area contributed by atoms with Crippen molar-refractivity contribution in [3.63, 3.8) is 0 Å². The summed E-state index contributed by atoms with van der Waals surface area (Å²) in [7, 11) is -0.701. The average molecular weight is 430 g/mol. The van der Waals surface area contributed by atoms with Crippen molar-refractivity contribution in [1.82, 2.24) is 4.90 Å². The van der Waals surface area contributed by atoms with Gasteiger partial charge in [-0.3, -0.25) is 9.46 Å². The van der Waals surface area contributed by atoms with Crippen molar-refractivity contribution in [2.45, 2.75) is 18.9 Å². The van der Waals surface area contributed by atoms with Crippen molar-refractivity contribution < 1.29 is 13.6 Å². The minimum Gasteiger partial charge on any atom is -0.311 e. The minimum absolute atomic E-state index is 0.526. The van der Waals surface area contributed by atoms with E-state index in [4.69, 9.17) is 20.6 Å². The molecular weight excluding hydrogens is 405 g/mol. The van der Waals surface area contributed by atoms with Crippen LogP contribution in [-0.4, -0.2) is 19.1 Å². The Bertz CT molecular complexity index is 903. The molecule has 0 aliphatic rings. The summed E-state index contributed by atoms with van der Waals surface area (Å²) in [5.41, 5.74) is 2.91. The van der Waals surface area contributed by atoms with Gasteiger partial charge in [0.1, 0.15) is 5.78 Å². The van der Waals surface area contributed by atoms with Gasteiger partial charge in [-0.1, -0.05) is 90.5 Å². The third-order valence-electron chi connectivity index (χ3n) is 4.79. The molecule has 152 valence electrons. The van der Waals surface area contributed by atoms with Gasteiger partial charge in [-0.25, -0.2) is 0 Å². The first-order chi connectivity index (χ1) is 14.1. The van der Waals surface area contributed by atoms with Crippen LogP contribution in [0.5, 0.6) is 0 Å². The summed E-state index contributed by atoms with van der Waals surface area (Å²) in [6.45, 7) is 1.12. The van der Waals surface area contributed by atoms with Crippen LogP contribution in [0.4, 0.5) is 0 Å². The smallest absolute Gasteiger partial charge is 0.311 e. The zero-order valence-corrected chi connectivity index (χ0v) is 18.2. The molecule has 3 aromatic carbocycles. The van der Waals surface area contributed by atoms with Gasteiger partial charge in [-0.15, -0.1) is 0 Å². The van der Waals surface area contributed by atoms with Crippen molar-refractivity contribution >= 4 is 19.2 Å². The number of halogens is 1. The molecule has 0 radical (unpaired) electrons. The zero-order valence-electron chi connectivity index (χ0n) is 16.6. The molecule has 0 aliphatic heterocycles. The molecular formula is C23H25ClNO3P. The molecule has 1 atom stereocenters. The Hall–Kier alpha value is -1.94. The van der Waals surface area contributed by atoms with E-state index in [2.05, 4.69) is 4.90 Å². The van der Waals surface area contributed by atoms with Crippen molar-refractivity contribution in [3.05, 3.63) is 107 Å². The van der Waals surface area contributed by atoms with Crippen LogP contribution in [0.1, 0.15) is 22.5 Å².